The topological polar surface area (TPSA) is 81.9 Å². The number of esters is 2. The third-order valence-electron chi connectivity index (χ3n) is 2.81. The summed E-state index contributed by atoms with van der Waals surface area (Å²) >= 11 is 0. The molecule has 0 spiro atoms. The van der Waals surface area contributed by atoms with Gasteiger partial charge in [0, 0.05) is 6.04 Å². The van der Waals surface area contributed by atoms with Crippen molar-refractivity contribution in [3.05, 3.63) is 12.0 Å². The molecule has 1 aromatic heterocycles. The Kier molecular flexibility index (Phi) is 4.60. The monoisotopic (exact) mass is 282 g/mol. The van der Waals surface area contributed by atoms with Gasteiger partial charge in [0.2, 0.25) is 0 Å². The van der Waals surface area contributed by atoms with Gasteiger partial charge in [0.1, 0.15) is 12.8 Å². The van der Waals surface area contributed by atoms with Crippen LogP contribution in [0.2, 0.25) is 0 Å². The smallest absolute Gasteiger partial charge is 0.360 e. The van der Waals surface area contributed by atoms with Gasteiger partial charge in [-0.05, 0) is 26.7 Å². The molecule has 0 aliphatic heterocycles. The van der Waals surface area contributed by atoms with Gasteiger partial charge in [-0.3, -0.25) is 4.79 Å². The van der Waals surface area contributed by atoms with Gasteiger partial charge in [0.05, 0.1) is 13.2 Å². The van der Waals surface area contributed by atoms with Gasteiger partial charge in [-0.15, -0.1) is 0 Å². The maximum atomic E-state index is 11.6. The average molecular weight is 282 g/mol. The summed E-state index contributed by atoms with van der Waals surface area (Å²) in [5.74, 6) is -0.871. The van der Waals surface area contributed by atoms with Crippen molar-refractivity contribution in [2.75, 3.05) is 24.7 Å². The second-order valence-electron chi connectivity index (χ2n) is 4.40. The molecule has 0 atom stereocenters. The van der Waals surface area contributed by atoms with E-state index in [2.05, 4.69) is 4.98 Å². The molecule has 7 nitrogen and oxygen atoms in total. The summed E-state index contributed by atoms with van der Waals surface area (Å²) in [6.07, 6.45) is 3.18. The molecule has 1 aliphatic rings. The molecule has 0 saturated heterocycles. The van der Waals surface area contributed by atoms with Crippen LogP contribution in [0.5, 0.6) is 0 Å². The van der Waals surface area contributed by atoms with E-state index in [-0.39, 0.29) is 36.9 Å². The number of rotatable bonds is 7. The Hall–Kier alpha value is -2.05. The highest BCUT2D eigenvalue weighted by Gasteiger charge is 2.34. The first kappa shape index (κ1) is 14.4. The molecule has 1 heterocycles. The van der Waals surface area contributed by atoms with Crippen molar-refractivity contribution in [1.82, 2.24) is 4.98 Å². The van der Waals surface area contributed by atoms with E-state index in [0.717, 1.165) is 12.8 Å². The molecular formula is C13H18N2O5. The summed E-state index contributed by atoms with van der Waals surface area (Å²) in [7, 11) is 0. The Labute approximate surface area is 116 Å². The van der Waals surface area contributed by atoms with Crippen LogP contribution in [0, 0.1) is 0 Å². The minimum Gasteiger partial charge on any atom is -0.465 e. The molecule has 1 saturated carbocycles. The summed E-state index contributed by atoms with van der Waals surface area (Å²) in [5.41, 5.74) is 0.108. The van der Waals surface area contributed by atoms with Gasteiger partial charge in [-0.25, -0.2) is 4.79 Å². The fourth-order valence-corrected chi connectivity index (χ4v) is 1.78. The average Bonchev–Trinajstić information content (AvgIpc) is 3.13. The van der Waals surface area contributed by atoms with Crippen LogP contribution < -0.4 is 4.90 Å². The fraction of sp³-hybridized carbons (Fsp3) is 0.615. The molecule has 1 aliphatic carbocycles. The van der Waals surface area contributed by atoms with Crippen molar-refractivity contribution < 1.29 is 23.5 Å². The highest BCUT2D eigenvalue weighted by molar-refractivity contribution is 5.87. The highest BCUT2D eigenvalue weighted by Crippen LogP contribution is 2.31. The van der Waals surface area contributed by atoms with E-state index in [4.69, 9.17) is 13.9 Å². The third kappa shape index (κ3) is 3.49. The number of carbonyl (C=O) groups excluding carboxylic acids is 2. The van der Waals surface area contributed by atoms with Crippen molar-refractivity contribution in [2.24, 2.45) is 0 Å². The van der Waals surface area contributed by atoms with Crippen LogP contribution in [-0.4, -0.2) is 42.7 Å². The van der Waals surface area contributed by atoms with E-state index >= 15 is 0 Å². The molecule has 1 fully saturated rings. The van der Waals surface area contributed by atoms with Gasteiger partial charge < -0.3 is 18.8 Å². The predicted molar refractivity (Wildman–Crippen MR) is 69.5 cm³/mol. The predicted octanol–water partition coefficient (Wildman–Crippen LogP) is 1.38. The van der Waals surface area contributed by atoms with Crippen molar-refractivity contribution in [2.45, 2.75) is 32.7 Å². The molecule has 1 aromatic rings. The van der Waals surface area contributed by atoms with Crippen LogP contribution in [0.4, 0.5) is 6.01 Å². The van der Waals surface area contributed by atoms with E-state index in [9.17, 15) is 9.59 Å². The Morgan fingerprint density at radius 1 is 1.35 bits per heavy atom. The second kappa shape index (κ2) is 6.40. The van der Waals surface area contributed by atoms with E-state index < -0.39 is 5.97 Å². The van der Waals surface area contributed by atoms with Gasteiger partial charge in [-0.1, -0.05) is 0 Å². The highest BCUT2D eigenvalue weighted by atomic mass is 16.5. The van der Waals surface area contributed by atoms with Crippen LogP contribution in [0.1, 0.15) is 37.2 Å². The van der Waals surface area contributed by atoms with E-state index in [1.807, 2.05) is 0 Å². The molecule has 0 unspecified atom stereocenters. The first-order valence-corrected chi connectivity index (χ1v) is 6.70. The molecule has 110 valence electrons. The lowest BCUT2D eigenvalue weighted by Gasteiger charge is -2.18. The fourth-order valence-electron chi connectivity index (χ4n) is 1.78. The molecule has 0 bridgehead atoms. The zero-order valence-electron chi connectivity index (χ0n) is 11.6. The molecule has 0 N–H and O–H groups in total. The number of hydrogen-bond acceptors (Lipinski definition) is 7. The van der Waals surface area contributed by atoms with E-state index in [1.54, 1.807) is 18.7 Å². The maximum absolute atomic E-state index is 11.6. The van der Waals surface area contributed by atoms with Gasteiger partial charge in [0.25, 0.3) is 6.01 Å². The summed E-state index contributed by atoms with van der Waals surface area (Å²) in [6.45, 7) is 4.15. The number of anilines is 1. The quantitative estimate of drug-likeness (QED) is 0.699. The molecule has 0 radical (unpaired) electrons. The maximum Gasteiger partial charge on any atom is 0.360 e. The molecule has 0 aromatic carbocycles. The summed E-state index contributed by atoms with van der Waals surface area (Å²) < 4.78 is 15.0. The minimum absolute atomic E-state index is 0.0707. The number of nitrogens with zero attached hydrogens (tertiary/aromatic N) is 2. The lowest BCUT2D eigenvalue weighted by Crippen LogP contribution is -2.33. The van der Waals surface area contributed by atoms with Crippen LogP contribution >= 0.6 is 0 Å². The lowest BCUT2D eigenvalue weighted by atomic mass is 10.5. The first-order chi connectivity index (χ1) is 9.65. The third-order valence-corrected chi connectivity index (χ3v) is 2.81. The lowest BCUT2D eigenvalue weighted by molar-refractivity contribution is -0.141. The minimum atomic E-state index is -0.533. The van der Waals surface area contributed by atoms with Crippen LogP contribution in [-0.2, 0) is 14.3 Å². The second-order valence-corrected chi connectivity index (χ2v) is 4.40. The number of carbonyl (C=O) groups is 2. The van der Waals surface area contributed by atoms with Crippen molar-refractivity contribution in [1.29, 1.82) is 0 Å². The van der Waals surface area contributed by atoms with Crippen LogP contribution in [0.3, 0.4) is 0 Å². The van der Waals surface area contributed by atoms with Gasteiger partial charge in [-0.2, -0.15) is 4.98 Å². The summed E-state index contributed by atoms with van der Waals surface area (Å²) in [4.78, 5) is 28.9. The summed E-state index contributed by atoms with van der Waals surface area (Å²) in [5, 5.41) is 0. The number of oxazole rings is 1. The normalized spacial score (nSPS) is 13.9. The summed E-state index contributed by atoms with van der Waals surface area (Å²) in [6, 6.07) is 0.469. The Balaban J connectivity index is 2.06. The standard InChI is InChI=1S/C13H18N2O5/c1-3-18-11(16)7-15(9-5-6-9)13-14-10(8-20-13)12(17)19-4-2/h8-9H,3-7H2,1-2H3. The zero-order chi connectivity index (χ0) is 14.5. The molecule has 0 amide bonds. The van der Waals surface area contributed by atoms with E-state index in [1.165, 1.54) is 6.26 Å². The molecule has 2 rings (SSSR count). The van der Waals surface area contributed by atoms with Crippen molar-refractivity contribution in [3.8, 4) is 0 Å². The van der Waals surface area contributed by atoms with E-state index in [0.29, 0.717) is 6.61 Å². The number of ether oxygens (including phenoxy) is 2. The Bertz CT molecular complexity index is 481. The van der Waals surface area contributed by atoms with Crippen molar-refractivity contribution in [3.63, 3.8) is 0 Å². The van der Waals surface area contributed by atoms with Crippen LogP contribution in [0.15, 0.2) is 10.7 Å². The molecule has 20 heavy (non-hydrogen) atoms. The largest absolute Gasteiger partial charge is 0.465 e. The van der Waals surface area contributed by atoms with Gasteiger partial charge >= 0.3 is 11.9 Å². The van der Waals surface area contributed by atoms with Gasteiger partial charge in [0.15, 0.2) is 5.69 Å². The first-order valence-electron chi connectivity index (χ1n) is 6.70. The molecule has 7 heteroatoms. The number of hydrogen-bond donors (Lipinski definition) is 0. The van der Waals surface area contributed by atoms with Crippen LogP contribution in [0.25, 0.3) is 0 Å². The number of aromatic nitrogens is 1. The SMILES string of the molecule is CCOC(=O)CN(c1nc(C(=O)OCC)co1)C1CC1. The molecular weight excluding hydrogens is 264 g/mol. The Morgan fingerprint density at radius 3 is 2.65 bits per heavy atom. The zero-order valence-corrected chi connectivity index (χ0v) is 11.6. The van der Waals surface area contributed by atoms with Crippen molar-refractivity contribution >= 4 is 18.0 Å². The Morgan fingerprint density at radius 2 is 2.05 bits per heavy atom.